The molecule has 1 aromatic carbocycles. The smallest absolute Gasteiger partial charge is 0.337 e. The molecule has 0 bridgehead atoms. The monoisotopic (exact) mass is 314 g/mol. The van der Waals surface area contributed by atoms with E-state index in [1.165, 1.54) is 6.07 Å². The van der Waals surface area contributed by atoms with Crippen LogP contribution in [-0.2, 0) is 4.79 Å². The van der Waals surface area contributed by atoms with Gasteiger partial charge in [-0.3, -0.25) is 4.79 Å². The Morgan fingerprint density at radius 2 is 2.11 bits per heavy atom. The fourth-order valence-electron chi connectivity index (χ4n) is 1.38. The van der Waals surface area contributed by atoms with E-state index >= 15 is 0 Å². The second-order valence-corrected chi connectivity index (χ2v) is 4.64. The van der Waals surface area contributed by atoms with Gasteiger partial charge >= 0.3 is 5.97 Å². The van der Waals surface area contributed by atoms with Gasteiger partial charge in [0, 0.05) is 4.47 Å². The first-order valence-corrected chi connectivity index (χ1v) is 6.37. The third-order valence-electron chi connectivity index (χ3n) is 2.20. The van der Waals surface area contributed by atoms with Crippen LogP contribution in [0.2, 0.25) is 0 Å². The largest absolute Gasteiger partial charge is 0.478 e. The van der Waals surface area contributed by atoms with Gasteiger partial charge in [0.2, 0.25) is 5.91 Å². The molecule has 0 radical (unpaired) electrons. The van der Waals surface area contributed by atoms with Crippen LogP contribution in [0.1, 0.15) is 23.7 Å². The molecule has 0 aliphatic heterocycles. The average molecular weight is 315 g/mol. The summed E-state index contributed by atoms with van der Waals surface area (Å²) in [5, 5.41) is 14.5. The van der Waals surface area contributed by atoms with Gasteiger partial charge in [0.25, 0.3) is 0 Å². The summed E-state index contributed by atoms with van der Waals surface area (Å²) >= 11 is 3.24. The highest BCUT2D eigenvalue weighted by Gasteiger charge is 2.12. The zero-order valence-electron chi connectivity index (χ0n) is 10.00. The standard InChI is InChI=1S/C12H15BrN2O3/c1-2-5-14-7-11(16)15-10-6-8(13)3-4-9(10)12(17)18/h3-4,6,14H,2,5,7H2,1H3,(H,15,16)(H,17,18). The molecule has 0 saturated heterocycles. The van der Waals surface area contributed by atoms with Crippen LogP contribution in [0.5, 0.6) is 0 Å². The minimum absolute atomic E-state index is 0.0713. The van der Waals surface area contributed by atoms with Crippen molar-refractivity contribution in [1.29, 1.82) is 0 Å². The molecule has 0 fully saturated rings. The number of carbonyl (C=O) groups is 2. The second-order valence-electron chi connectivity index (χ2n) is 3.72. The van der Waals surface area contributed by atoms with Crippen molar-refractivity contribution in [2.75, 3.05) is 18.4 Å². The first-order valence-electron chi connectivity index (χ1n) is 5.58. The molecule has 0 heterocycles. The van der Waals surface area contributed by atoms with Crippen molar-refractivity contribution in [2.45, 2.75) is 13.3 Å². The molecule has 0 saturated carbocycles. The lowest BCUT2D eigenvalue weighted by Crippen LogP contribution is -2.29. The minimum atomic E-state index is -1.07. The van der Waals surface area contributed by atoms with Crippen molar-refractivity contribution in [3.63, 3.8) is 0 Å². The number of carboxylic acid groups (broad SMARTS) is 1. The van der Waals surface area contributed by atoms with Crippen molar-refractivity contribution in [3.05, 3.63) is 28.2 Å². The molecule has 0 atom stereocenters. The molecular weight excluding hydrogens is 300 g/mol. The summed E-state index contributed by atoms with van der Waals surface area (Å²) in [5.74, 6) is -1.33. The van der Waals surface area contributed by atoms with E-state index in [9.17, 15) is 9.59 Å². The number of carbonyl (C=O) groups excluding carboxylic acids is 1. The van der Waals surface area contributed by atoms with Crippen molar-refractivity contribution < 1.29 is 14.7 Å². The lowest BCUT2D eigenvalue weighted by molar-refractivity contribution is -0.115. The molecular formula is C12H15BrN2O3. The Bertz CT molecular complexity index is 449. The zero-order valence-corrected chi connectivity index (χ0v) is 11.6. The third-order valence-corrected chi connectivity index (χ3v) is 2.69. The number of amides is 1. The number of carboxylic acids is 1. The van der Waals surface area contributed by atoms with Crippen LogP contribution in [0, 0.1) is 0 Å². The molecule has 0 unspecified atom stereocenters. The van der Waals surface area contributed by atoms with Gasteiger partial charge in [-0.15, -0.1) is 0 Å². The normalized spacial score (nSPS) is 10.1. The van der Waals surface area contributed by atoms with Crippen LogP contribution in [0.3, 0.4) is 0 Å². The van der Waals surface area contributed by atoms with Crippen LogP contribution in [0.15, 0.2) is 22.7 Å². The van der Waals surface area contributed by atoms with Gasteiger partial charge in [0.1, 0.15) is 0 Å². The van der Waals surface area contributed by atoms with Gasteiger partial charge in [-0.25, -0.2) is 4.79 Å². The number of hydrogen-bond acceptors (Lipinski definition) is 3. The average Bonchev–Trinajstić information content (AvgIpc) is 2.29. The van der Waals surface area contributed by atoms with E-state index < -0.39 is 5.97 Å². The number of benzene rings is 1. The second kappa shape index (κ2) is 7.13. The topological polar surface area (TPSA) is 78.4 Å². The number of nitrogens with one attached hydrogen (secondary N) is 2. The van der Waals surface area contributed by atoms with Crippen LogP contribution in [0.4, 0.5) is 5.69 Å². The molecule has 0 aliphatic carbocycles. The van der Waals surface area contributed by atoms with Crippen LogP contribution >= 0.6 is 15.9 Å². The molecule has 5 nitrogen and oxygen atoms in total. The summed E-state index contributed by atoms with van der Waals surface area (Å²) in [7, 11) is 0. The van der Waals surface area contributed by atoms with Crippen molar-refractivity contribution in [2.24, 2.45) is 0 Å². The Labute approximate surface area is 114 Å². The number of halogens is 1. The van der Waals surface area contributed by atoms with E-state index in [1.807, 2.05) is 6.92 Å². The van der Waals surface area contributed by atoms with E-state index in [0.717, 1.165) is 13.0 Å². The summed E-state index contributed by atoms with van der Waals surface area (Å²) in [5.41, 5.74) is 0.363. The number of hydrogen-bond donors (Lipinski definition) is 3. The molecule has 0 aromatic heterocycles. The minimum Gasteiger partial charge on any atom is -0.478 e. The molecule has 98 valence electrons. The summed E-state index contributed by atoms with van der Waals surface area (Å²) in [6, 6.07) is 4.64. The predicted octanol–water partition coefficient (Wildman–Crippen LogP) is 2.09. The summed E-state index contributed by atoms with van der Waals surface area (Å²) in [6.07, 6.45) is 0.935. The first kappa shape index (κ1) is 14.7. The van der Waals surface area contributed by atoms with E-state index in [-0.39, 0.29) is 18.0 Å². The van der Waals surface area contributed by atoms with Gasteiger partial charge in [0.15, 0.2) is 0 Å². The number of rotatable bonds is 6. The molecule has 1 amide bonds. The Morgan fingerprint density at radius 3 is 2.72 bits per heavy atom. The van der Waals surface area contributed by atoms with Crippen LogP contribution in [0.25, 0.3) is 0 Å². The van der Waals surface area contributed by atoms with Gasteiger partial charge in [-0.05, 0) is 31.2 Å². The Hall–Kier alpha value is -1.40. The molecule has 0 aliphatic rings. The van der Waals surface area contributed by atoms with Crippen molar-refractivity contribution >= 4 is 33.5 Å². The number of aromatic carboxylic acids is 1. The van der Waals surface area contributed by atoms with Crippen molar-refractivity contribution in [3.8, 4) is 0 Å². The fourth-order valence-corrected chi connectivity index (χ4v) is 1.74. The highest BCUT2D eigenvalue weighted by Crippen LogP contribution is 2.21. The van der Waals surface area contributed by atoms with E-state index in [0.29, 0.717) is 10.2 Å². The Balaban J connectivity index is 2.73. The molecule has 1 rings (SSSR count). The molecule has 1 aromatic rings. The molecule has 3 N–H and O–H groups in total. The fraction of sp³-hybridized carbons (Fsp3) is 0.333. The predicted molar refractivity (Wildman–Crippen MR) is 72.9 cm³/mol. The maximum atomic E-state index is 11.6. The molecule has 18 heavy (non-hydrogen) atoms. The Morgan fingerprint density at radius 1 is 1.39 bits per heavy atom. The van der Waals surface area contributed by atoms with Gasteiger partial charge in [0.05, 0.1) is 17.8 Å². The van der Waals surface area contributed by atoms with Gasteiger partial charge in [-0.1, -0.05) is 22.9 Å². The summed E-state index contributed by atoms with van der Waals surface area (Å²) < 4.78 is 0.712. The van der Waals surface area contributed by atoms with E-state index in [4.69, 9.17) is 5.11 Å². The summed E-state index contributed by atoms with van der Waals surface area (Å²) in [6.45, 7) is 2.92. The van der Waals surface area contributed by atoms with Gasteiger partial charge < -0.3 is 15.7 Å². The highest BCUT2D eigenvalue weighted by molar-refractivity contribution is 9.10. The molecule has 6 heteroatoms. The Kier molecular flexibility index (Phi) is 5.80. The highest BCUT2D eigenvalue weighted by atomic mass is 79.9. The van der Waals surface area contributed by atoms with Crippen molar-refractivity contribution in [1.82, 2.24) is 5.32 Å². The lowest BCUT2D eigenvalue weighted by Gasteiger charge is -2.09. The lowest BCUT2D eigenvalue weighted by atomic mass is 10.2. The van der Waals surface area contributed by atoms with Crippen LogP contribution in [-0.4, -0.2) is 30.1 Å². The maximum Gasteiger partial charge on any atom is 0.337 e. The van der Waals surface area contributed by atoms with E-state index in [1.54, 1.807) is 12.1 Å². The molecule has 0 spiro atoms. The SMILES string of the molecule is CCCNCC(=O)Nc1cc(Br)ccc1C(=O)O. The quantitative estimate of drug-likeness (QED) is 0.702. The number of anilines is 1. The third kappa shape index (κ3) is 4.46. The van der Waals surface area contributed by atoms with Gasteiger partial charge in [-0.2, -0.15) is 0 Å². The van der Waals surface area contributed by atoms with Crippen LogP contribution < -0.4 is 10.6 Å². The van der Waals surface area contributed by atoms with E-state index in [2.05, 4.69) is 26.6 Å². The summed E-state index contributed by atoms with van der Waals surface area (Å²) in [4.78, 5) is 22.6. The first-order chi connectivity index (χ1) is 8.54. The zero-order chi connectivity index (χ0) is 13.5. The maximum absolute atomic E-state index is 11.6.